The molecule has 10 heteroatoms. The number of rotatable bonds is 6. The Hall–Kier alpha value is -2.65. The van der Waals surface area contributed by atoms with Crippen molar-refractivity contribution in [3.05, 3.63) is 58.1 Å². The van der Waals surface area contributed by atoms with Crippen LogP contribution in [0.25, 0.3) is 11.2 Å². The van der Waals surface area contributed by atoms with Gasteiger partial charge in [-0.15, -0.1) is 0 Å². The number of hydrogen-bond acceptors (Lipinski definition) is 5. The van der Waals surface area contributed by atoms with E-state index in [9.17, 15) is 23.1 Å². The van der Waals surface area contributed by atoms with E-state index in [1.807, 2.05) is 6.92 Å². The summed E-state index contributed by atoms with van der Waals surface area (Å²) in [5.41, 5.74) is 0.550. The van der Waals surface area contributed by atoms with Crippen LogP contribution in [0.5, 0.6) is 0 Å². The first-order valence-corrected chi connectivity index (χ1v) is 13.0. The smallest absolute Gasteiger partial charge is 0.331 e. The predicted octanol–water partition coefficient (Wildman–Crippen LogP) is 3.78. The number of sulfone groups is 1. The van der Waals surface area contributed by atoms with Gasteiger partial charge < -0.3 is 5.11 Å². The van der Waals surface area contributed by atoms with Gasteiger partial charge in [-0.25, -0.2) is 18.2 Å². The van der Waals surface area contributed by atoms with Crippen LogP contribution in [0.15, 0.2) is 52.3 Å². The van der Waals surface area contributed by atoms with Crippen molar-refractivity contribution in [2.45, 2.75) is 50.1 Å². The minimum absolute atomic E-state index is 0.00145. The van der Waals surface area contributed by atoms with E-state index < -0.39 is 28.0 Å². The second-order valence-electron chi connectivity index (χ2n) is 8.74. The number of aromatic nitrogens is 3. The number of aliphatic carboxylic acids is 1. The first kappa shape index (κ1) is 23.5. The van der Waals surface area contributed by atoms with Crippen LogP contribution in [-0.2, 0) is 21.2 Å². The molecule has 0 saturated heterocycles. The van der Waals surface area contributed by atoms with E-state index in [2.05, 4.69) is 4.98 Å². The van der Waals surface area contributed by atoms with Crippen molar-refractivity contribution >= 4 is 38.6 Å². The molecule has 1 N–H and O–H groups in total. The lowest BCUT2D eigenvalue weighted by Crippen LogP contribution is -2.29. The fraction of sp³-hybridized carbons (Fsp3) is 0.435. The van der Waals surface area contributed by atoms with E-state index in [4.69, 9.17) is 11.6 Å². The summed E-state index contributed by atoms with van der Waals surface area (Å²) in [7, 11) is -3.56. The lowest BCUT2D eigenvalue weighted by atomic mass is 9.91. The Morgan fingerprint density at radius 3 is 2.61 bits per heavy atom. The van der Waals surface area contributed by atoms with Crippen LogP contribution in [0, 0.1) is 11.8 Å². The number of halogens is 1. The van der Waals surface area contributed by atoms with Gasteiger partial charge in [-0.2, -0.15) is 0 Å². The SMILES string of the molecule is CC1CCC(n2c(=O)n(CC(=O)O)c3cccnc32)CCC1CS(=O)(=O)c1ccccc1Cl. The van der Waals surface area contributed by atoms with Gasteiger partial charge in [0.1, 0.15) is 6.54 Å². The van der Waals surface area contributed by atoms with Crippen LogP contribution in [0.3, 0.4) is 0 Å². The predicted molar refractivity (Wildman–Crippen MR) is 125 cm³/mol. The summed E-state index contributed by atoms with van der Waals surface area (Å²) in [6, 6.07) is 9.67. The monoisotopic (exact) mass is 491 g/mol. The largest absolute Gasteiger partial charge is 0.480 e. The van der Waals surface area contributed by atoms with Gasteiger partial charge in [0.25, 0.3) is 0 Å². The summed E-state index contributed by atoms with van der Waals surface area (Å²) in [6.45, 7) is 1.61. The first-order valence-electron chi connectivity index (χ1n) is 10.9. The maximum absolute atomic E-state index is 13.2. The number of hydrogen-bond donors (Lipinski definition) is 1. The highest BCUT2D eigenvalue weighted by molar-refractivity contribution is 7.91. The molecule has 3 unspecified atom stereocenters. The van der Waals surface area contributed by atoms with Gasteiger partial charge in [0, 0.05) is 12.2 Å². The van der Waals surface area contributed by atoms with E-state index in [0.29, 0.717) is 30.4 Å². The molecule has 1 aromatic carbocycles. The van der Waals surface area contributed by atoms with Crippen LogP contribution in [0.1, 0.15) is 38.6 Å². The quantitative estimate of drug-likeness (QED) is 0.525. The minimum atomic E-state index is -3.56. The van der Waals surface area contributed by atoms with Crippen molar-refractivity contribution in [1.29, 1.82) is 0 Å². The minimum Gasteiger partial charge on any atom is -0.480 e. The zero-order valence-electron chi connectivity index (χ0n) is 18.2. The molecule has 0 radical (unpaired) electrons. The number of carboxylic acid groups (broad SMARTS) is 1. The van der Waals surface area contributed by atoms with Crippen molar-refractivity contribution in [1.82, 2.24) is 14.1 Å². The van der Waals surface area contributed by atoms with E-state index in [1.165, 1.54) is 10.6 Å². The molecular weight excluding hydrogens is 466 g/mol. The number of imidazole rings is 1. The topological polar surface area (TPSA) is 111 Å². The van der Waals surface area contributed by atoms with Gasteiger partial charge in [0.05, 0.1) is 21.2 Å². The summed E-state index contributed by atoms with van der Waals surface area (Å²) in [6.07, 6.45) is 4.25. The maximum Gasteiger partial charge on any atom is 0.331 e. The third-order valence-electron chi connectivity index (χ3n) is 6.62. The summed E-state index contributed by atoms with van der Waals surface area (Å²) < 4.78 is 28.9. The molecule has 0 bridgehead atoms. The first-order chi connectivity index (χ1) is 15.7. The molecular formula is C23H26ClN3O5S. The maximum atomic E-state index is 13.2. The van der Waals surface area contributed by atoms with E-state index in [-0.39, 0.29) is 33.5 Å². The van der Waals surface area contributed by atoms with Crippen molar-refractivity contribution in [2.24, 2.45) is 11.8 Å². The molecule has 1 aliphatic carbocycles. The average molecular weight is 492 g/mol. The molecule has 2 heterocycles. The summed E-state index contributed by atoms with van der Waals surface area (Å²) in [5, 5.41) is 9.47. The van der Waals surface area contributed by atoms with E-state index >= 15 is 0 Å². The summed E-state index contributed by atoms with van der Waals surface area (Å²) in [5.74, 6) is -1.03. The molecule has 33 heavy (non-hydrogen) atoms. The second-order valence-corrected chi connectivity index (χ2v) is 11.1. The number of fused-ring (bicyclic) bond motifs is 1. The molecule has 3 aromatic rings. The van der Waals surface area contributed by atoms with E-state index in [1.54, 1.807) is 41.1 Å². The normalized spacial score (nSPS) is 21.7. The number of carbonyl (C=O) groups is 1. The Labute approximate surface area is 196 Å². The Morgan fingerprint density at radius 2 is 1.88 bits per heavy atom. The highest BCUT2D eigenvalue weighted by Crippen LogP contribution is 2.37. The van der Waals surface area contributed by atoms with Crippen LogP contribution < -0.4 is 5.69 Å². The number of nitrogens with zero attached hydrogens (tertiary/aromatic N) is 3. The fourth-order valence-electron chi connectivity index (χ4n) is 4.83. The summed E-state index contributed by atoms with van der Waals surface area (Å²) >= 11 is 6.14. The molecule has 0 spiro atoms. The Bertz CT molecular complexity index is 1350. The van der Waals surface area contributed by atoms with Gasteiger partial charge in [0.15, 0.2) is 15.5 Å². The number of benzene rings is 1. The Balaban J connectivity index is 1.61. The lowest BCUT2D eigenvalue weighted by Gasteiger charge is -2.21. The zero-order chi connectivity index (χ0) is 23.8. The standard InChI is InChI=1S/C23H26ClN3O5S/c1-15-8-10-17(11-9-16(15)14-33(31,32)20-7-3-2-5-18(20)24)27-22-19(6-4-12-25-22)26(23(27)30)13-21(28)29/h2-7,12,15-17H,8-11,13-14H2,1H3,(H,28,29). The van der Waals surface area contributed by atoms with Gasteiger partial charge in [0.2, 0.25) is 0 Å². The Kier molecular flexibility index (Phi) is 6.63. The Morgan fingerprint density at radius 1 is 1.15 bits per heavy atom. The third-order valence-corrected chi connectivity index (χ3v) is 8.95. The molecule has 4 rings (SSSR count). The van der Waals surface area contributed by atoms with Gasteiger partial charge in [-0.1, -0.05) is 30.7 Å². The second kappa shape index (κ2) is 9.30. The summed E-state index contributed by atoms with van der Waals surface area (Å²) in [4.78, 5) is 29.0. The molecule has 0 aliphatic heterocycles. The van der Waals surface area contributed by atoms with Crippen LogP contribution in [-0.4, -0.2) is 39.4 Å². The molecule has 3 atom stereocenters. The van der Waals surface area contributed by atoms with Crippen molar-refractivity contribution in [3.63, 3.8) is 0 Å². The molecule has 8 nitrogen and oxygen atoms in total. The van der Waals surface area contributed by atoms with Crippen LogP contribution >= 0.6 is 11.6 Å². The molecule has 0 amide bonds. The zero-order valence-corrected chi connectivity index (χ0v) is 19.8. The molecule has 1 fully saturated rings. The molecule has 2 aromatic heterocycles. The number of pyridine rings is 1. The lowest BCUT2D eigenvalue weighted by molar-refractivity contribution is -0.137. The van der Waals surface area contributed by atoms with E-state index in [0.717, 1.165) is 6.42 Å². The average Bonchev–Trinajstić information content (AvgIpc) is 2.91. The van der Waals surface area contributed by atoms with Gasteiger partial charge in [-0.3, -0.25) is 13.9 Å². The van der Waals surface area contributed by atoms with Gasteiger partial charge >= 0.3 is 11.7 Å². The van der Waals surface area contributed by atoms with Crippen LogP contribution in [0.2, 0.25) is 5.02 Å². The third kappa shape index (κ3) is 4.70. The highest BCUT2D eigenvalue weighted by atomic mass is 35.5. The molecule has 1 saturated carbocycles. The van der Waals surface area contributed by atoms with Crippen molar-refractivity contribution in [2.75, 3.05) is 5.75 Å². The number of carboxylic acids is 1. The van der Waals surface area contributed by atoms with Gasteiger partial charge in [-0.05, 0) is 61.8 Å². The van der Waals surface area contributed by atoms with Crippen LogP contribution in [0.4, 0.5) is 0 Å². The molecule has 1 aliphatic rings. The van der Waals surface area contributed by atoms with Crippen molar-refractivity contribution < 1.29 is 18.3 Å². The molecule has 176 valence electrons. The van der Waals surface area contributed by atoms with Crippen molar-refractivity contribution in [3.8, 4) is 0 Å². The highest BCUT2D eigenvalue weighted by Gasteiger charge is 2.32. The fourth-order valence-corrected chi connectivity index (χ4v) is 7.20.